The number of carboxylic acid groups (broad SMARTS) is 1. The molecule has 0 radical (unpaired) electrons. The highest BCUT2D eigenvalue weighted by Gasteiger charge is 2.20. The number of nitrogens with zero attached hydrogens (tertiary/aromatic N) is 1. The van der Waals surface area contributed by atoms with Gasteiger partial charge in [-0.15, -0.1) is 0 Å². The van der Waals surface area contributed by atoms with E-state index in [1.165, 1.54) is 4.57 Å². The lowest BCUT2D eigenvalue weighted by Gasteiger charge is -2.15. The Hall–Kier alpha value is -2.59. The standard InChI is InChI=1S/C17H12ClNO3/c1-10-14(17(21)22)12-8-5-9-13(18)15(12)16(20)19(10)11-6-3-2-4-7-11/h2-9H,1H3,(H,21,22). The maximum absolute atomic E-state index is 12.8. The monoisotopic (exact) mass is 313 g/mol. The van der Waals surface area contributed by atoms with Crippen LogP contribution in [0, 0.1) is 6.92 Å². The van der Waals surface area contributed by atoms with Crippen molar-refractivity contribution in [2.45, 2.75) is 6.92 Å². The largest absolute Gasteiger partial charge is 0.478 e. The molecule has 0 atom stereocenters. The molecule has 1 N–H and O–H groups in total. The first-order valence-electron chi connectivity index (χ1n) is 6.65. The molecule has 2 aromatic carbocycles. The van der Waals surface area contributed by atoms with Gasteiger partial charge in [-0.2, -0.15) is 0 Å². The van der Waals surface area contributed by atoms with Gasteiger partial charge in [0, 0.05) is 16.8 Å². The van der Waals surface area contributed by atoms with E-state index in [1.54, 1.807) is 49.4 Å². The number of para-hydroxylation sites is 1. The maximum atomic E-state index is 12.8. The number of benzene rings is 2. The van der Waals surface area contributed by atoms with Crippen molar-refractivity contribution in [3.63, 3.8) is 0 Å². The van der Waals surface area contributed by atoms with Crippen molar-refractivity contribution >= 4 is 28.3 Å². The van der Waals surface area contributed by atoms with Crippen molar-refractivity contribution in [3.05, 3.63) is 75.2 Å². The summed E-state index contributed by atoms with van der Waals surface area (Å²) in [7, 11) is 0. The molecule has 3 rings (SSSR count). The quantitative estimate of drug-likeness (QED) is 0.785. The van der Waals surface area contributed by atoms with E-state index in [-0.39, 0.29) is 21.5 Å². The molecule has 0 saturated heterocycles. The molecule has 1 heterocycles. The minimum atomic E-state index is -1.09. The highest BCUT2D eigenvalue weighted by molar-refractivity contribution is 6.35. The fourth-order valence-corrected chi connectivity index (χ4v) is 2.93. The van der Waals surface area contributed by atoms with E-state index >= 15 is 0 Å². The molecule has 0 aliphatic carbocycles. The van der Waals surface area contributed by atoms with Crippen molar-refractivity contribution < 1.29 is 9.90 Å². The Morgan fingerprint density at radius 3 is 2.41 bits per heavy atom. The van der Waals surface area contributed by atoms with E-state index in [0.717, 1.165) is 0 Å². The van der Waals surface area contributed by atoms with Crippen LogP contribution in [0.15, 0.2) is 53.3 Å². The summed E-state index contributed by atoms with van der Waals surface area (Å²) in [6.07, 6.45) is 0. The summed E-state index contributed by atoms with van der Waals surface area (Å²) in [6.45, 7) is 1.62. The molecule has 0 amide bonds. The molecule has 5 heteroatoms. The number of carboxylic acids is 1. The summed E-state index contributed by atoms with van der Waals surface area (Å²) in [5.41, 5.74) is 0.739. The van der Waals surface area contributed by atoms with Gasteiger partial charge in [0.25, 0.3) is 5.56 Å². The molecule has 0 spiro atoms. The highest BCUT2D eigenvalue weighted by Crippen LogP contribution is 2.26. The zero-order valence-electron chi connectivity index (χ0n) is 11.7. The first kappa shape index (κ1) is 14.4. The Labute approximate surface area is 131 Å². The number of rotatable bonds is 2. The van der Waals surface area contributed by atoms with Crippen molar-refractivity contribution in [3.8, 4) is 5.69 Å². The molecule has 0 saturated carbocycles. The molecule has 0 unspecified atom stereocenters. The molecule has 3 aromatic rings. The molecule has 110 valence electrons. The smallest absolute Gasteiger partial charge is 0.338 e. The lowest BCUT2D eigenvalue weighted by atomic mass is 10.0. The first-order valence-corrected chi connectivity index (χ1v) is 7.02. The Balaban J connectivity index is 2.57. The predicted molar refractivity (Wildman–Crippen MR) is 86.3 cm³/mol. The number of fused-ring (bicyclic) bond motifs is 1. The van der Waals surface area contributed by atoms with Gasteiger partial charge >= 0.3 is 5.97 Å². The molecule has 0 fully saturated rings. The third-order valence-corrected chi connectivity index (χ3v) is 3.94. The Bertz CT molecular complexity index is 946. The Morgan fingerprint density at radius 2 is 1.77 bits per heavy atom. The second kappa shape index (κ2) is 5.31. The fourth-order valence-electron chi connectivity index (χ4n) is 2.68. The summed E-state index contributed by atoms with van der Waals surface area (Å²) in [6, 6.07) is 13.7. The van der Waals surface area contributed by atoms with E-state index in [4.69, 9.17) is 11.6 Å². The number of carbonyl (C=O) groups is 1. The van der Waals surface area contributed by atoms with Crippen LogP contribution in [0.4, 0.5) is 0 Å². The fraction of sp³-hybridized carbons (Fsp3) is 0.0588. The number of pyridine rings is 1. The predicted octanol–water partition coefficient (Wildman–Crippen LogP) is 3.65. The normalized spacial score (nSPS) is 10.8. The minimum absolute atomic E-state index is 0.0842. The first-order chi connectivity index (χ1) is 10.5. The van der Waals surface area contributed by atoms with Gasteiger partial charge in [-0.1, -0.05) is 41.9 Å². The lowest BCUT2D eigenvalue weighted by molar-refractivity contribution is 0.0697. The van der Waals surface area contributed by atoms with Crippen LogP contribution < -0.4 is 5.56 Å². The van der Waals surface area contributed by atoms with Gasteiger partial charge < -0.3 is 5.11 Å². The number of aromatic carboxylic acids is 1. The summed E-state index contributed by atoms with van der Waals surface area (Å²) in [5, 5.41) is 10.4. The van der Waals surface area contributed by atoms with Crippen LogP contribution in [0.2, 0.25) is 5.02 Å². The van der Waals surface area contributed by atoms with Crippen molar-refractivity contribution in [1.82, 2.24) is 4.57 Å². The lowest BCUT2D eigenvalue weighted by Crippen LogP contribution is -2.24. The summed E-state index contributed by atoms with van der Waals surface area (Å²) >= 11 is 6.14. The number of aromatic nitrogens is 1. The van der Waals surface area contributed by atoms with Crippen LogP contribution in [-0.4, -0.2) is 15.6 Å². The molecule has 1 aromatic heterocycles. The van der Waals surface area contributed by atoms with E-state index in [0.29, 0.717) is 16.8 Å². The summed E-state index contributed by atoms with van der Waals surface area (Å²) < 4.78 is 1.39. The van der Waals surface area contributed by atoms with Crippen molar-refractivity contribution in [2.24, 2.45) is 0 Å². The maximum Gasteiger partial charge on any atom is 0.338 e. The zero-order valence-corrected chi connectivity index (χ0v) is 12.5. The number of hydrogen-bond donors (Lipinski definition) is 1. The van der Waals surface area contributed by atoms with Gasteiger partial charge in [0.05, 0.1) is 16.0 Å². The summed E-state index contributed by atoms with van der Waals surface area (Å²) in [5.74, 6) is -1.09. The number of halogens is 1. The minimum Gasteiger partial charge on any atom is -0.478 e. The van der Waals surface area contributed by atoms with E-state index in [1.807, 2.05) is 6.07 Å². The average molecular weight is 314 g/mol. The second-order valence-corrected chi connectivity index (χ2v) is 5.31. The van der Waals surface area contributed by atoms with Crippen molar-refractivity contribution in [1.29, 1.82) is 0 Å². The van der Waals surface area contributed by atoms with Crippen LogP contribution >= 0.6 is 11.6 Å². The zero-order chi connectivity index (χ0) is 15.9. The summed E-state index contributed by atoms with van der Waals surface area (Å²) in [4.78, 5) is 24.5. The topological polar surface area (TPSA) is 59.3 Å². The van der Waals surface area contributed by atoms with Crippen LogP contribution in [0.1, 0.15) is 16.1 Å². The molecule has 0 aliphatic rings. The molecular formula is C17H12ClNO3. The van der Waals surface area contributed by atoms with Gasteiger partial charge in [0.15, 0.2) is 0 Å². The average Bonchev–Trinajstić information content (AvgIpc) is 2.48. The second-order valence-electron chi connectivity index (χ2n) is 4.90. The van der Waals surface area contributed by atoms with Gasteiger partial charge in [0.1, 0.15) is 0 Å². The number of hydrogen-bond acceptors (Lipinski definition) is 2. The molecule has 22 heavy (non-hydrogen) atoms. The highest BCUT2D eigenvalue weighted by atomic mass is 35.5. The van der Waals surface area contributed by atoms with Gasteiger partial charge in [-0.3, -0.25) is 9.36 Å². The molecule has 0 bridgehead atoms. The molecule has 0 aliphatic heterocycles. The van der Waals surface area contributed by atoms with E-state index < -0.39 is 5.97 Å². The Morgan fingerprint density at radius 1 is 1.09 bits per heavy atom. The molecular weight excluding hydrogens is 302 g/mol. The third-order valence-electron chi connectivity index (χ3n) is 3.63. The SMILES string of the molecule is Cc1c(C(=O)O)c2cccc(Cl)c2c(=O)n1-c1ccccc1. The van der Waals surface area contributed by atoms with Crippen LogP contribution in [-0.2, 0) is 0 Å². The van der Waals surface area contributed by atoms with E-state index in [2.05, 4.69) is 0 Å². The van der Waals surface area contributed by atoms with Gasteiger partial charge in [0.2, 0.25) is 0 Å². The Kier molecular flexibility index (Phi) is 3.47. The van der Waals surface area contributed by atoms with Gasteiger partial charge in [-0.05, 0) is 25.1 Å². The van der Waals surface area contributed by atoms with Crippen LogP contribution in [0.3, 0.4) is 0 Å². The van der Waals surface area contributed by atoms with Crippen LogP contribution in [0.25, 0.3) is 16.5 Å². The molecule has 4 nitrogen and oxygen atoms in total. The van der Waals surface area contributed by atoms with Crippen LogP contribution in [0.5, 0.6) is 0 Å². The van der Waals surface area contributed by atoms with Crippen molar-refractivity contribution in [2.75, 3.05) is 0 Å². The van der Waals surface area contributed by atoms with E-state index in [9.17, 15) is 14.7 Å². The van der Waals surface area contributed by atoms with Gasteiger partial charge in [-0.25, -0.2) is 4.79 Å². The third kappa shape index (κ3) is 2.09.